The molecular formula is C32H33N5O6. The van der Waals surface area contributed by atoms with Crippen LogP contribution < -0.4 is 21.1 Å². The average molecular weight is 584 g/mol. The highest BCUT2D eigenvalue weighted by atomic mass is 16.5. The Hall–Kier alpha value is -5.13. The molecule has 11 heteroatoms. The van der Waals surface area contributed by atoms with Gasteiger partial charge in [-0.3, -0.25) is 9.59 Å². The molecule has 43 heavy (non-hydrogen) atoms. The van der Waals surface area contributed by atoms with Gasteiger partial charge in [-0.1, -0.05) is 36.4 Å². The Morgan fingerprint density at radius 3 is 2.21 bits per heavy atom. The van der Waals surface area contributed by atoms with Gasteiger partial charge in [0.2, 0.25) is 5.91 Å². The van der Waals surface area contributed by atoms with E-state index in [9.17, 15) is 24.6 Å². The smallest absolute Gasteiger partial charge is 0.326 e. The molecule has 0 saturated heterocycles. The van der Waals surface area contributed by atoms with E-state index >= 15 is 0 Å². The molecule has 0 aliphatic heterocycles. The number of carboxylic acid groups (broad SMARTS) is 1. The van der Waals surface area contributed by atoms with Gasteiger partial charge in [0.25, 0.3) is 5.91 Å². The highest BCUT2D eigenvalue weighted by Crippen LogP contribution is 2.28. The predicted octanol–water partition coefficient (Wildman–Crippen LogP) is 3.34. The van der Waals surface area contributed by atoms with Crippen molar-refractivity contribution < 1.29 is 29.3 Å². The van der Waals surface area contributed by atoms with Crippen LogP contribution in [0.4, 0.5) is 5.69 Å². The highest BCUT2D eigenvalue weighted by molar-refractivity contribution is 6.00. The average Bonchev–Trinajstić information content (AvgIpc) is 3.61. The number of ether oxygens (including phenoxy) is 1. The standard InChI is InChI=1S/C32H33N5O6/c1-18(38)29(33)31(40)36-26-11-10-19(15-28(26)43-13-12-20-16-34-24-8-4-2-6-22(20)24)30(39)37-27(32(41)42)14-21-17-35-25-9-5-3-7-23(21)25/h2-11,15-18,27,29,34-35,38H,12-14,33H2,1H3,(H,36,40)(H,37,39)(H,41,42)/t18-,27+,29+/m1/s1. The molecule has 0 bridgehead atoms. The normalized spacial score (nSPS) is 13.4. The van der Waals surface area contributed by atoms with E-state index in [4.69, 9.17) is 10.5 Å². The number of aliphatic carboxylic acids is 1. The maximum atomic E-state index is 13.3. The number of para-hydroxylation sites is 2. The molecule has 2 amide bonds. The lowest BCUT2D eigenvalue weighted by Crippen LogP contribution is -2.43. The monoisotopic (exact) mass is 583 g/mol. The van der Waals surface area contributed by atoms with Crippen LogP contribution in [0, 0.1) is 0 Å². The van der Waals surface area contributed by atoms with Gasteiger partial charge in [0.05, 0.1) is 18.4 Å². The molecule has 0 radical (unpaired) electrons. The summed E-state index contributed by atoms with van der Waals surface area (Å²) >= 11 is 0. The zero-order valence-electron chi connectivity index (χ0n) is 23.5. The summed E-state index contributed by atoms with van der Waals surface area (Å²) in [6.07, 6.45) is 3.17. The Morgan fingerprint density at radius 2 is 1.56 bits per heavy atom. The van der Waals surface area contributed by atoms with Gasteiger partial charge in [0.15, 0.2) is 0 Å². The molecule has 0 aliphatic rings. The fourth-order valence-corrected chi connectivity index (χ4v) is 4.89. The van der Waals surface area contributed by atoms with Gasteiger partial charge < -0.3 is 41.3 Å². The predicted molar refractivity (Wildman–Crippen MR) is 163 cm³/mol. The molecule has 3 aromatic carbocycles. The molecule has 3 atom stereocenters. The first-order valence-electron chi connectivity index (χ1n) is 13.9. The van der Waals surface area contributed by atoms with Gasteiger partial charge in [0, 0.05) is 52.6 Å². The summed E-state index contributed by atoms with van der Waals surface area (Å²) in [7, 11) is 0. The molecule has 0 unspecified atom stereocenters. The second-order valence-electron chi connectivity index (χ2n) is 10.4. The largest absolute Gasteiger partial charge is 0.491 e. The summed E-state index contributed by atoms with van der Waals surface area (Å²) in [6, 6.07) is 17.4. The lowest BCUT2D eigenvalue weighted by Gasteiger charge is -2.18. The number of nitrogens with two attached hydrogens (primary N) is 1. The number of aromatic amines is 2. The van der Waals surface area contributed by atoms with Crippen molar-refractivity contribution in [3.05, 3.63) is 95.8 Å². The third-order valence-corrected chi connectivity index (χ3v) is 7.33. The molecule has 0 saturated carbocycles. The van der Waals surface area contributed by atoms with Crippen LogP contribution in [0.2, 0.25) is 0 Å². The van der Waals surface area contributed by atoms with Crippen molar-refractivity contribution in [2.24, 2.45) is 5.73 Å². The number of benzene rings is 3. The molecule has 0 fully saturated rings. The zero-order valence-corrected chi connectivity index (χ0v) is 23.5. The van der Waals surface area contributed by atoms with Gasteiger partial charge in [-0.15, -0.1) is 0 Å². The maximum absolute atomic E-state index is 13.3. The van der Waals surface area contributed by atoms with Crippen molar-refractivity contribution in [3.63, 3.8) is 0 Å². The van der Waals surface area contributed by atoms with Crippen molar-refractivity contribution in [2.45, 2.75) is 38.0 Å². The second kappa shape index (κ2) is 12.8. The molecule has 2 aromatic heterocycles. The fourth-order valence-electron chi connectivity index (χ4n) is 4.89. The number of hydrogen-bond acceptors (Lipinski definition) is 6. The molecule has 5 aromatic rings. The number of rotatable bonds is 12. The molecular weight excluding hydrogens is 550 g/mol. The molecule has 2 heterocycles. The van der Waals surface area contributed by atoms with E-state index in [2.05, 4.69) is 20.6 Å². The van der Waals surface area contributed by atoms with E-state index in [1.54, 1.807) is 6.20 Å². The van der Waals surface area contributed by atoms with Crippen molar-refractivity contribution in [1.82, 2.24) is 15.3 Å². The third-order valence-electron chi connectivity index (χ3n) is 7.33. The summed E-state index contributed by atoms with van der Waals surface area (Å²) in [5, 5.41) is 26.8. The fraction of sp³-hybridized carbons (Fsp3) is 0.219. The minimum absolute atomic E-state index is 0.0738. The summed E-state index contributed by atoms with van der Waals surface area (Å²) < 4.78 is 6.04. The number of aliphatic hydroxyl groups is 1. The molecule has 0 aliphatic carbocycles. The van der Waals surface area contributed by atoms with Crippen LogP contribution in [0.5, 0.6) is 5.75 Å². The highest BCUT2D eigenvalue weighted by Gasteiger charge is 2.24. The number of aromatic nitrogens is 2. The lowest BCUT2D eigenvalue weighted by atomic mass is 10.0. The van der Waals surface area contributed by atoms with Crippen LogP contribution in [0.15, 0.2) is 79.1 Å². The summed E-state index contributed by atoms with van der Waals surface area (Å²) in [5.41, 5.74) is 9.86. The number of hydrogen-bond donors (Lipinski definition) is 7. The zero-order chi connectivity index (χ0) is 30.5. The van der Waals surface area contributed by atoms with Crippen LogP contribution in [-0.4, -0.2) is 62.8 Å². The maximum Gasteiger partial charge on any atom is 0.326 e. The molecule has 5 rings (SSSR count). The van der Waals surface area contributed by atoms with Gasteiger partial charge in [-0.2, -0.15) is 0 Å². The van der Waals surface area contributed by atoms with Gasteiger partial charge in [0.1, 0.15) is 17.8 Å². The van der Waals surface area contributed by atoms with Crippen LogP contribution in [0.3, 0.4) is 0 Å². The van der Waals surface area contributed by atoms with Crippen LogP contribution in [0.25, 0.3) is 21.8 Å². The number of nitrogens with one attached hydrogen (secondary N) is 4. The minimum Gasteiger partial charge on any atom is -0.491 e. The third kappa shape index (κ3) is 6.69. The van der Waals surface area contributed by atoms with Crippen molar-refractivity contribution in [3.8, 4) is 5.75 Å². The van der Waals surface area contributed by atoms with Crippen LogP contribution in [0.1, 0.15) is 28.4 Å². The van der Waals surface area contributed by atoms with E-state index in [1.807, 2.05) is 54.7 Å². The van der Waals surface area contributed by atoms with E-state index < -0.39 is 36.0 Å². The van der Waals surface area contributed by atoms with Crippen LogP contribution >= 0.6 is 0 Å². The number of fused-ring (bicyclic) bond motifs is 2. The first-order valence-corrected chi connectivity index (χ1v) is 13.9. The van der Waals surface area contributed by atoms with E-state index in [1.165, 1.54) is 25.1 Å². The van der Waals surface area contributed by atoms with E-state index in [0.717, 1.165) is 32.9 Å². The Labute approximate surface area is 247 Å². The lowest BCUT2D eigenvalue weighted by molar-refractivity contribution is -0.139. The minimum atomic E-state index is -1.19. The number of anilines is 1. The van der Waals surface area contributed by atoms with E-state index in [-0.39, 0.29) is 30.0 Å². The number of carbonyl (C=O) groups is 3. The van der Waals surface area contributed by atoms with Crippen molar-refractivity contribution in [2.75, 3.05) is 11.9 Å². The Kier molecular flexibility index (Phi) is 8.74. The van der Waals surface area contributed by atoms with Gasteiger partial charge in [-0.05, 0) is 48.4 Å². The van der Waals surface area contributed by atoms with Crippen LogP contribution in [-0.2, 0) is 22.4 Å². The summed E-state index contributed by atoms with van der Waals surface area (Å²) in [6.45, 7) is 1.63. The topological polar surface area (TPSA) is 183 Å². The second-order valence-corrected chi connectivity index (χ2v) is 10.4. The molecule has 222 valence electrons. The van der Waals surface area contributed by atoms with Gasteiger partial charge in [-0.25, -0.2) is 4.79 Å². The molecule has 11 nitrogen and oxygen atoms in total. The summed E-state index contributed by atoms with van der Waals surface area (Å²) in [4.78, 5) is 44.3. The number of carboxylic acids is 1. The van der Waals surface area contributed by atoms with Crippen molar-refractivity contribution in [1.29, 1.82) is 0 Å². The Morgan fingerprint density at radius 1 is 0.930 bits per heavy atom. The SMILES string of the molecule is C[C@@H](O)[C@H](N)C(=O)Nc1ccc(C(=O)N[C@@H](Cc2c[nH]c3ccccc23)C(=O)O)cc1OCCc1c[nH]c2ccccc12. The quantitative estimate of drug-likeness (QED) is 0.117. The van der Waals surface area contributed by atoms with Gasteiger partial charge >= 0.3 is 5.97 Å². The van der Waals surface area contributed by atoms with E-state index in [0.29, 0.717) is 6.42 Å². The first kappa shape index (κ1) is 29.4. The summed E-state index contributed by atoms with van der Waals surface area (Å²) in [5.74, 6) is -2.22. The molecule has 8 N–H and O–H groups in total. The number of H-pyrrole nitrogens is 2. The Bertz CT molecular complexity index is 1770. The van der Waals surface area contributed by atoms with Crippen molar-refractivity contribution >= 4 is 45.3 Å². The number of amides is 2. The molecule has 0 spiro atoms. The number of carbonyl (C=O) groups excluding carboxylic acids is 2. The Balaban J connectivity index is 1.35. The first-order chi connectivity index (χ1) is 20.7. The number of aliphatic hydroxyl groups excluding tert-OH is 1.